The predicted molar refractivity (Wildman–Crippen MR) is 54.1 cm³/mol. The van der Waals surface area contributed by atoms with Crippen LogP contribution in [0.15, 0.2) is 6.20 Å². The van der Waals surface area contributed by atoms with Crippen molar-refractivity contribution < 1.29 is 9.90 Å². The summed E-state index contributed by atoms with van der Waals surface area (Å²) in [6.07, 6.45) is 1.33. The summed E-state index contributed by atoms with van der Waals surface area (Å²) in [4.78, 5) is 18.0. The molecule has 0 aromatic carbocycles. The Bertz CT molecular complexity index is 422. The van der Waals surface area contributed by atoms with Gasteiger partial charge in [-0.3, -0.25) is 0 Å². The van der Waals surface area contributed by atoms with Gasteiger partial charge in [-0.25, -0.2) is 14.8 Å². The Morgan fingerprint density at radius 1 is 1.71 bits per heavy atom. The van der Waals surface area contributed by atoms with Crippen molar-refractivity contribution in [3.8, 4) is 11.8 Å². The van der Waals surface area contributed by atoms with Crippen LogP contribution in [0.2, 0.25) is 0 Å². The molecule has 14 heavy (non-hydrogen) atoms. The summed E-state index contributed by atoms with van der Waals surface area (Å²) in [7, 11) is 0. The number of aromatic carboxylic acids is 1. The Morgan fingerprint density at radius 2 is 2.43 bits per heavy atom. The van der Waals surface area contributed by atoms with E-state index in [0.717, 1.165) is 0 Å². The molecule has 0 spiro atoms. The number of anilines is 1. The summed E-state index contributed by atoms with van der Waals surface area (Å²) < 4.78 is 0. The van der Waals surface area contributed by atoms with E-state index in [4.69, 9.17) is 10.8 Å². The number of rotatable bonds is 1. The molecule has 5 nitrogen and oxygen atoms in total. The van der Waals surface area contributed by atoms with Gasteiger partial charge in [-0.1, -0.05) is 21.9 Å². The van der Waals surface area contributed by atoms with Crippen LogP contribution < -0.4 is 5.73 Å². The molecule has 0 atom stereocenters. The van der Waals surface area contributed by atoms with E-state index in [1.165, 1.54) is 6.20 Å². The highest BCUT2D eigenvalue weighted by molar-refractivity contribution is 9.09. The first-order valence-corrected chi connectivity index (χ1v) is 4.68. The second kappa shape index (κ2) is 4.58. The molecule has 0 saturated carbocycles. The lowest BCUT2D eigenvalue weighted by Gasteiger charge is -1.97. The number of nitrogen functional groups attached to an aromatic ring is 1. The van der Waals surface area contributed by atoms with Gasteiger partial charge < -0.3 is 10.8 Å². The van der Waals surface area contributed by atoms with Crippen molar-refractivity contribution in [3.05, 3.63) is 17.6 Å². The Hall–Kier alpha value is -1.61. The summed E-state index contributed by atoms with van der Waals surface area (Å²) in [5.74, 6) is 3.99. The lowest BCUT2D eigenvalue weighted by Crippen LogP contribution is -2.08. The Labute approximate surface area is 88.5 Å². The molecule has 0 amide bonds. The molecular formula is C8H6BrN3O2. The van der Waals surface area contributed by atoms with Crippen LogP contribution in [0.3, 0.4) is 0 Å². The van der Waals surface area contributed by atoms with Gasteiger partial charge in [0, 0.05) is 0 Å². The molecule has 0 radical (unpaired) electrons. The van der Waals surface area contributed by atoms with Crippen molar-refractivity contribution in [2.75, 3.05) is 11.1 Å². The van der Waals surface area contributed by atoms with Crippen LogP contribution in [-0.2, 0) is 0 Å². The Kier molecular flexibility index (Phi) is 3.42. The Morgan fingerprint density at radius 3 is 3.00 bits per heavy atom. The van der Waals surface area contributed by atoms with Gasteiger partial charge in [0.05, 0.1) is 11.5 Å². The van der Waals surface area contributed by atoms with Crippen molar-refractivity contribution in [2.24, 2.45) is 0 Å². The van der Waals surface area contributed by atoms with Crippen LogP contribution in [0.5, 0.6) is 0 Å². The zero-order valence-corrected chi connectivity index (χ0v) is 8.58. The van der Waals surface area contributed by atoms with Crippen LogP contribution >= 0.6 is 15.9 Å². The summed E-state index contributed by atoms with van der Waals surface area (Å²) in [6, 6.07) is 0. The average Bonchev–Trinajstić information content (AvgIpc) is 2.16. The van der Waals surface area contributed by atoms with Crippen molar-refractivity contribution in [1.82, 2.24) is 9.97 Å². The molecule has 0 aliphatic rings. The fourth-order valence-corrected chi connectivity index (χ4v) is 0.880. The van der Waals surface area contributed by atoms with Gasteiger partial charge in [0.2, 0.25) is 0 Å². The minimum absolute atomic E-state index is 0.109. The van der Waals surface area contributed by atoms with E-state index in [1.807, 2.05) is 0 Å². The summed E-state index contributed by atoms with van der Waals surface area (Å²) >= 11 is 3.11. The molecule has 0 aliphatic heterocycles. The monoisotopic (exact) mass is 255 g/mol. The molecule has 1 aromatic heterocycles. The van der Waals surface area contributed by atoms with Gasteiger partial charge in [-0.2, -0.15) is 0 Å². The fraction of sp³-hybridized carbons (Fsp3) is 0.125. The standard InChI is InChI=1S/C8H6BrN3O2/c9-3-1-2-5-4-11-7(10)6(12-5)8(13)14/h4H,3H2,(H2,10,11)(H,13,14). The quantitative estimate of drug-likeness (QED) is 0.564. The molecule has 0 bridgehead atoms. The highest BCUT2D eigenvalue weighted by Crippen LogP contribution is 2.04. The highest BCUT2D eigenvalue weighted by Gasteiger charge is 2.10. The molecule has 0 unspecified atom stereocenters. The number of aromatic nitrogens is 2. The smallest absolute Gasteiger partial charge is 0.358 e. The van der Waals surface area contributed by atoms with Gasteiger partial charge in [0.15, 0.2) is 11.5 Å². The molecular weight excluding hydrogens is 250 g/mol. The number of carbonyl (C=O) groups is 1. The van der Waals surface area contributed by atoms with E-state index in [1.54, 1.807) is 0 Å². The van der Waals surface area contributed by atoms with Gasteiger partial charge in [-0.05, 0) is 5.92 Å². The van der Waals surface area contributed by atoms with Crippen LogP contribution in [0.4, 0.5) is 5.82 Å². The first kappa shape index (κ1) is 10.5. The Balaban J connectivity index is 3.13. The van der Waals surface area contributed by atoms with E-state index >= 15 is 0 Å². The molecule has 1 aromatic rings. The number of nitrogens with zero attached hydrogens (tertiary/aromatic N) is 2. The first-order valence-electron chi connectivity index (χ1n) is 3.55. The number of hydrogen-bond donors (Lipinski definition) is 2. The van der Waals surface area contributed by atoms with E-state index in [0.29, 0.717) is 5.33 Å². The van der Waals surface area contributed by atoms with Gasteiger partial charge in [0.1, 0.15) is 5.69 Å². The van der Waals surface area contributed by atoms with Crippen molar-refractivity contribution in [1.29, 1.82) is 0 Å². The SMILES string of the molecule is Nc1ncc(C#CCBr)nc1C(=O)O. The number of carboxylic acids is 1. The first-order chi connectivity index (χ1) is 6.65. The topological polar surface area (TPSA) is 89.1 Å². The molecule has 3 N–H and O–H groups in total. The second-order valence-corrected chi connectivity index (χ2v) is 2.79. The minimum atomic E-state index is -1.21. The summed E-state index contributed by atoms with van der Waals surface area (Å²) in [5.41, 5.74) is 5.32. The molecule has 0 fully saturated rings. The fourth-order valence-electron chi connectivity index (χ4n) is 0.740. The summed E-state index contributed by atoms with van der Waals surface area (Å²) in [5, 5.41) is 9.16. The van der Waals surface area contributed by atoms with Gasteiger partial charge >= 0.3 is 5.97 Å². The van der Waals surface area contributed by atoms with Crippen molar-refractivity contribution in [2.45, 2.75) is 0 Å². The third-order valence-corrected chi connectivity index (χ3v) is 1.57. The van der Waals surface area contributed by atoms with E-state index < -0.39 is 5.97 Å². The number of hydrogen-bond acceptors (Lipinski definition) is 4. The zero-order valence-electron chi connectivity index (χ0n) is 6.99. The van der Waals surface area contributed by atoms with E-state index in [2.05, 4.69) is 37.7 Å². The maximum Gasteiger partial charge on any atom is 0.358 e. The molecule has 0 saturated heterocycles. The number of halogens is 1. The highest BCUT2D eigenvalue weighted by atomic mass is 79.9. The molecule has 0 aliphatic carbocycles. The van der Waals surface area contributed by atoms with Crippen LogP contribution in [-0.4, -0.2) is 26.4 Å². The average molecular weight is 256 g/mol. The lowest BCUT2D eigenvalue weighted by atomic mass is 10.3. The second-order valence-electron chi connectivity index (χ2n) is 2.23. The predicted octanol–water partition coefficient (Wildman–Crippen LogP) is 0.503. The normalized spacial score (nSPS) is 8.93. The van der Waals surface area contributed by atoms with Gasteiger partial charge in [0.25, 0.3) is 0 Å². The molecule has 1 heterocycles. The molecule has 1 rings (SSSR count). The van der Waals surface area contributed by atoms with Crippen LogP contribution in [0.1, 0.15) is 16.2 Å². The maximum absolute atomic E-state index is 10.6. The van der Waals surface area contributed by atoms with Crippen LogP contribution in [0, 0.1) is 11.8 Å². The molecule has 72 valence electrons. The lowest BCUT2D eigenvalue weighted by molar-refractivity contribution is 0.0691. The number of nitrogens with two attached hydrogens (primary N) is 1. The van der Waals surface area contributed by atoms with E-state index in [-0.39, 0.29) is 17.2 Å². The van der Waals surface area contributed by atoms with Crippen LogP contribution in [0.25, 0.3) is 0 Å². The maximum atomic E-state index is 10.6. The summed E-state index contributed by atoms with van der Waals surface area (Å²) in [6.45, 7) is 0. The molecule has 6 heteroatoms. The van der Waals surface area contributed by atoms with Crippen molar-refractivity contribution >= 4 is 27.7 Å². The number of carboxylic acid groups (broad SMARTS) is 1. The zero-order chi connectivity index (χ0) is 10.6. The third-order valence-electron chi connectivity index (χ3n) is 1.29. The van der Waals surface area contributed by atoms with Gasteiger partial charge in [-0.15, -0.1) is 0 Å². The number of alkyl halides is 1. The minimum Gasteiger partial charge on any atom is -0.476 e. The largest absolute Gasteiger partial charge is 0.476 e. The van der Waals surface area contributed by atoms with E-state index in [9.17, 15) is 4.79 Å². The van der Waals surface area contributed by atoms with Crippen molar-refractivity contribution in [3.63, 3.8) is 0 Å². The third kappa shape index (κ3) is 2.44.